The third-order valence-corrected chi connectivity index (χ3v) is 33.5. The van der Waals surface area contributed by atoms with Gasteiger partial charge in [-0.25, -0.2) is 0 Å². The Kier molecular flexibility index (Phi) is 18.9. The zero-order chi connectivity index (χ0) is 39.8. The first-order chi connectivity index (χ1) is 24.9. The minimum Gasteiger partial charge on any atom is -0.455 e. The van der Waals surface area contributed by atoms with Crippen LogP contribution in [0.1, 0.15) is 20.8 Å². The third kappa shape index (κ3) is 14.2. The molecule has 12 heteroatoms. The molecule has 6 N–H and O–H groups in total. The van der Waals surface area contributed by atoms with Crippen LogP contribution in [-0.2, 0) is 12.3 Å². The molecule has 0 saturated carbocycles. The Morgan fingerprint density at radius 1 is 0.340 bits per heavy atom. The summed E-state index contributed by atoms with van der Waals surface area (Å²) in [6.07, 6.45) is 1.97. The Balaban J connectivity index is 0.000000364. The van der Waals surface area contributed by atoms with E-state index >= 15 is 0 Å². The average molecular weight is 823 g/mol. The van der Waals surface area contributed by atoms with Crippen LogP contribution < -0.4 is 37.9 Å². The quantitative estimate of drug-likeness (QED) is 0.106. The molecule has 6 nitrogen and oxygen atoms in total. The maximum absolute atomic E-state index is 7.62. The van der Waals surface area contributed by atoms with Crippen molar-refractivity contribution in [3.63, 3.8) is 0 Å². The summed E-state index contributed by atoms with van der Waals surface area (Å²) in [4.78, 5) is 0. The molecule has 4 aromatic rings. The molecule has 0 aliphatic heterocycles. The van der Waals surface area contributed by atoms with Crippen molar-refractivity contribution in [1.82, 2.24) is 0 Å². The number of hydrogen-bond acceptors (Lipinski definition) is 6. The van der Waals surface area contributed by atoms with Crippen LogP contribution in [0.25, 0.3) is 0 Å². The Morgan fingerprint density at radius 3 is 0.811 bits per heavy atom. The first-order valence-corrected chi connectivity index (χ1v) is 36.0. The molecule has 0 amide bonds. The zero-order valence-electron chi connectivity index (χ0n) is 34.7. The zero-order valence-corrected chi connectivity index (χ0v) is 40.7. The number of rotatable bonds is 16. The number of benzene rings is 4. The van der Waals surface area contributed by atoms with Crippen molar-refractivity contribution >= 4 is 70.7 Å². The topological polar surface area (TPSA) is 106 Å². The van der Waals surface area contributed by atoms with Gasteiger partial charge in [-0.05, 0) is 91.3 Å². The largest absolute Gasteiger partial charge is 0.455 e. The summed E-state index contributed by atoms with van der Waals surface area (Å²) in [5.41, 5.74) is 17.9. The lowest BCUT2D eigenvalue weighted by Crippen LogP contribution is -2.75. The van der Waals surface area contributed by atoms with E-state index in [2.05, 4.69) is 194 Å². The van der Waals surface area contributed by atoms with Crippen LogP contribution in [0.15, 0.2) is 121 Å². The highest BCUT2D eigenvalue weighted by atomic mass is 28.4. The fourth-order valence-electron chi connectivity index (χ4n) is 6.18. The van der Waals surface area contributed by atoms with Gasteiger partial charge in [-0.1, -0.05) is 142 Å². The van der Waals surface area contributed by atoms with Crippen molar-refractivity contribution in [2.24, 2.45) is 17.2 Å². The molecule has 53 heavy (non-hydrogen) atoms. The highest BCUT2D eigenvalue weighted by molar-refractivity contribution is 7.09. The van der Waals surface area contributed by atoms with Crippen LogP contribution in [-0.4, -0.2) is 68.4 Å². The van der Waals surface area contributed by atoms with Crippen LogP contribution in [0.3, 0.4) is 0 Å². The molecule has 0 spiro atoms. The minimum atomic E-state index is -2.70. The van der Waals surface area contributed by atoms with Crippen molar-refractivity contribution in [2.75, 3.05) is 18.5 Å². The van der Waals surface area contributed by atoms with E-state index in [9.17, 15) is 0 Å². The smallest absolute Gasteiger partial charge is 0.259 e. The first kappa shape index (κ1) is 47.1. The molecule has 0 atom stereocenters. The summed E-state index contributed by atoms with van der Waals surface area (Å²) in [6, 6.07) is 46.1. The van der Waals surface area contributed by atoms with Gasteiger partial charge in [0.1, 0.15) is 0 Å². The highest BCUT2D eigenvalue weighted by Crippen LogP contribution is 2.21. The maximum Gasteiger partial charge on any atom is 0.259 e. The summed E-state index contributed by atoms with van der Waals surface area (Å²) in [5, 5.41) is 5.03. The predicted molar refractivity (Wildman–Crippen MR) is 248 cm³/mol. The molecule has 0 saturated heterocycles. The Bertz CT molecular complexity index is 1360. The van der Waals surface area contributed by atoms with Crippen LogP contribution in [0.5, 0.6) is 0 Å². The molecule has 0 bridgehead atoms. The van der Waals surface area contributed by atoms with Gasteiger partial charge >= 0.3 is 0 Å². The van der Waals surface area contributed by atoms with Gasteiger partial charge in [-0.3, -0.25) is 0 Å². The second-order valence-electron chi connectivity index (χ2n) is 16.1. The normalized spacial score (nSPS) is 12.6. The third-order valence-electron chi connectivity index (χ3n) is 9.89. The lowest BCUT2D eigenvalue weighted by atomic mass is 10.4. The van der Waals surface area contributed by atoms with Gasteiger partial charge in [0.25, 0.3) is 8.32 Å². The molecular formula is C41H71N3O3Si6. The molecule has 0 heterocycles. The van der Waals surface area contributed by atoms with Crippen molar-refractivity contribution in [1.29, 1.82) is 0 Å². The molecule has 0 aromatic heterocycles. The second kappa shape index (κ2) is 21.3. The van der Waals surface area contributed by atoms with Gasteiger partial charge in [-0.15, -0.1) is 0 Å². The molecule has 0 aliphatic rings. The van der Waals surface area contributed by atoms with Crippen molar-refractivity contribution in [2.45, 2.75) is 91.3 Å². The molecule has 0 fully saturated rings. The van der Waals surface area contributed by atoms with E-state index in [0.29, 0.717) is 6.17 Å². The van der Waals surface area contributed by atoms with Crippen LogP contribution >= 0.6 is 0 Å². The molecule has 292 valence electrons. The lowest BCUT2D eigenvalue weighted by Gasteiger charge is -2.42. The van der Waals surface area contributed by atoms with E-state index in [1.165, 1.54) is 32.8 Å². The minimum absolute atomic E-state index is 0.495. The predicted octanol–water partition coefficient (Wildman–Crippen LogP) is 6.90. The Morgan fingerprint density at radius 2 is 0.604 bits per heavy atom. The monoisotopic (exact) mass is 821 g/mol. The number of nitrogens with two attached hydrogens (primary N) is 3. The molecule has 4 aromatic carbocycles. The van der Waals surface area contributed by atoms with Gasteiger partial charge in [0.05, 0.1) is 0 Å². The van der Waals surface area contributed by atoms with Crippen molar-refractivity contribution < 1.29 is 12.3 Å². The van der Waals surface area contributed by atoms with E-state index in [0.717, 1.165) is 18.4 Å². The fourth-order valence-corrected chi connectivity index (χ4v) is 30.0. The van der Waals surface area contributed by atoms with E-state index in [1.807, 2.05) is 0 Å². The fraction of sp³-hybridized carbons (Fsp3) is 0.415. The Hall–Kier alpha value is -2.06. The van der Waals surface area contributed by atoms with Crippen molar-refractivity contribution in [3.8, 4) is 0 Å². The second-order valence-corrected chi connectivity index (χ2v) is 41.6. The van der Waals surface area contributed by atoms with Crippen LogP contribution in [0.4, 0.5) is 0 Å². The maximum atomic E-state index is 7.62. The number of hydrogen-bond donors (Lipinski definition) is 3. The summed E-state index contributed by atoms with van der Waals surface area (Å²) in [5.74, 6) is 0. The highest BCUT2D eigenvalue weighted by Gasteiger charge is 2.49. The Labute approximate surface area is 329 Å². The first-order valence-electron chi connectivity index (χ1n) is 19.3. The summed E-state index contributed by atoms with van der Waals surface area (Å²) < 4.78 is 19.8. The van der Waals surface area contributed by atoms with Gasteiger partial charge in [0.2, 0.25) is 8.32 Å². The van der Waals surface area contributed by atoms with E-state index < -0.39 is 49.9 Å². The molecule has 0 radical (unpaired) electrons. The molecule has 0 aliphatic carbocycles. The molecule has 0 unspecified atom stereocenters. The van der Waals surface area contributed by atoms with Crippen LogP contribution in [0, 0.1) is 0 Å². The molecule has 4 rings (SSSR count). The molecular weight excluding hydrogens is 751 g/mol. The standard InChI is InChI=1S/C27H29NOSi2.2C7H21NOSi2/c1-2-30(24-15-7-3-8-16-24,25-17-9-4-10-18-25)29-31(23-28,26-19-11-5-12-20-26)27-21-13-6-14-22-27;2*1-6-10(2,3)9-11(4,5)7-8/h3-22H,2,23,28H2,1H3;2*6-8H2,1-5H3. The van der Waals surface area contributed by atoms with Gasteiger partial charge in [0.15, 0.2) is 33.3 Å². The van der Waals surface area contributed by atoms with Crippen LogP contribution in [0.2, 0.25) is 70.5 Å². The van der Waals surface area contributed by atoms with Gasteiger partial charge in [-0.2, -0.15) is 0 Å². The summed E-state index contributed by atoms with van der Waals surface area (Å²) >= 11 is 0. The average Bonchev–Trinajstić information content (AvgIpc) is 3.17. The summed E-state index contributed by atoms with van der Waals surface area (Å²) in [7, 11) is -11.0. The summed E-state index contributed by atoms with van der Waals surface area (Å²) in [6.45, 7) is 24.5. The lowest BCUT2D eigenvalue weighted by molar-refractivity contribution is 0.541. The van der Waals surface area contributed by atoms with E-state index in [4.69, 9.17) is 29.5 Å². The van der Waals surface area contributed by atoms with Gasteiger partial charge in [0, 0.05) is 18.5 Å². The van der Waals surface area contributed by atoms with Gasteiger partial charge < -0.3 is 29.5 Å². The van der Waals surface area contributed by atoms with E-state index in [1.54, 1.807) is 0 Å². The SMILES string of the molecule is CC[Si](C)(C)O[Si](C)(C)CN.CC[Si](C)(C)O[Si](C)(C)CN.CC[Si](O[Si](CN)(c1ccccc1)c1ccccc1)(c1ccccc1)c1ccccc1. The van der Waals surface area contributed by atoms with E-state index in [-0.39, 0.29) is 0 Å². The van der Waals surface area contributed by atoms with Crippen molar-refractivity contribution in [3.05, 3.63) is 121 Å².